The van der Waals surface area contributed by atoms with Gasteiger partial charge in [-0.1, -0.05) is 18.2 Å². The highest BCUT2D eigenvalue weighted by molar-refractivity contribution is 5.31. The molecule has 1 atom stereocenters. The zero-order valence-electron chi connectivity index (χ0n) is 8.50. The minimum atomic E-state index is 0.389. The maximum absolute atomic E-state index is 5.63. The topological polar surface area (TPSA) is 21.3 Å². The van der Waals surface area contributed by atoms with Gasteiger partial charge in [-0.15, -0.1) is 0 Å². The largest absolute Gasteiger partial charge is 0.492 e. The maximum Gasteiger partial charge on any atom is 0.122 e. The zero-order chi connectivity index (χ0) is 9.68. The van der Waals surface area contributed by atoms with Gasteiger partial charge in [-0.2, -0.15) is 0 Å². The fraction of sp³-hybridized carbons (Fsp3) is 0.455. The van der Waals surface area contributed by atoms with Crippen LogP contribution in [0.3, 0.4) is 0 Å². The Hall–Kier alpha value is -1.02. The van der Waals surface area contributed by atoms with Gasteiger partial charge in [0, 0.05) is 6.04 Å². The van der Waals surface area contributed by atoms with Gasteiger partial charge in [-0.25, -0.2) is 0 Å². The lowest BCUT2D eigenvalue weighted by molar-refractivity contribution is 0.278. The molecule has 13 heavy (non-hydrogen) atoms. The first-order valence-electron chi connectivity index (χ1n) is 4.59. The Morgan fingerprint density at radius 1 is 1.38 bits per heavy atom. The van der Waals surface area contributed by atoms with Crippen molar-refractivity contribution in [1.29, 1.82) is 0 Å². The normalized spacial score (nSPS) is 12.5. The highest BCUT2D eigenvalue weighted by atomic mass is 16.5. The summed E-state index contributed by atoms with van der Waals surface area (Å²) in [5.41, 5.74) is 1.19. The van der Waals surface area contributed by atoms with Gasteiger partial charge in [0.15, 0.2) is 0 Å². The van der Waals surface area contributed by atoms with E-state index in [1.54, 1.807) is 0 Å². The van der Waals surface area contributed by atoms with E-state index in [-0.39, 0.29) is 0 Å². The van der Waals surface area contributed by atoms with E-state index < -0.39 is 0 Å². The van der Waals surface area contributed by atoms with Crippen LogP contribution < -0.4 is 10.1 Å². The van der Waals surface area contributed by atoms with Crippen LogP contribution in [0, 0.1) is 6.92 Å². The van der Waals surface area contributed by atoms with Gasteiger partial charge in [0.25, 0.3) is 0 Å². The summed E-state index contributed by atoms with van der Waals surface area (Å²) >= 11 is 0. The second kappa shape index (κ2) is 4.87. The van der Waals surface area contributed by atoms with Crippen molar-refractivity contribution in [3.63, 3.8) is 0 Å². The number of nitrogens with one attached hydrogen (secondary N) is 1. The Balaban J connectivity index is 2.50. The molecule has 0 amide bonds. The van der Waals surface area contributed by atoms with Gasteiger partial charge in [-0.3, -0.25) is 0 Å². The number of ether oxygens (including phenoxy) is 1. The van der Waals surface area contributed by atoms with Crippen molar-refractivity contribution >= 4 is 0 Å². The van der Waals surface area contributed by atoms with E-state index in [4.69, 9.17) is 4.74 Å². The second-order valence-corrected chi connectivity index (χ2v) is 3.27. The van der Waals surface area contributed by atoms with Crippen molar-refractivity contribution in [3.05, 3.63) is 29.8 Å². The summed E-state index contributed by atoms with van der Waals surface area (Å²) in [7, 11) is 1.94. The molecule has 0 saturated heterocycles. The first-order chi connectivity index (χ1) is 6.24. The summed E-state index contributed by atoms with van der Waals surface area (Å²) in [6.45, 7) is 4.86. The molecule has 1 rings (SSSR count). The van der Waals surface area contributed by atoms with Crippen LogP contribution in [0.5, 0.6) is 5.75 Å². The van der Waals surface area contributed by atoms with Crippen LogP contribution in [0.1, 0.15) is 12.5 Å². The summed E-state index contributed by atoms with van der Waals surface area (Å²) in [5.74, 6) is 0.976. The average molecular weight is 179 g/mol. The lowest BCUT2D eigenvalue weighted by Crippen LogP contribution is -2.28. The smallest absolute Gasteiger partial charge is 0.122 e. The first-order valence-corrected chi connectivity index (χ1v) is 4.59. The fourth-order valence-electron chi connectivity index (χ4n) is 1.02. The molecule has 1 aromatic carbocycles. The fourth-order valence-corrected chi connectivity index (χ4v) is 1.02. The molecule has 0 radical (unpaired) electrons. The maximum atomic E-state index is 5.63. The third kappa shape index (κ3) is 3.07. The molecule has 0 aliphatic rings. The minimum Gasteiger partial charge on any atom is -0.492 e. The third-order valence-corrected chi connectivity index (χ3v) is 2.08. The third-order valence-electron chi connectivity index (χ3n) is 2.08. The Labute approximate surface area is 79.9 Å². The van der Waals surface area contributed by atoms with Gasteiger partial charge in [0.2, 0.25) is 0 Å². The minimum absolute atomic E-state index is 0.389. The van der Waals surface area contributed by atoms with Gasteiger partial charge in [0.1, 0.15) is 12.4 Å². The van der Waals surface area contributed by atoms with E-state index in [0.717, 1.165) is 5.75 Å². The van der Waals surface area contributed by atoms with E-state index in [1.165, 1.54) is 5.56 Å². The van der Waals surface area contributed by atoms with Gasteiger partial charge >= 0.3 is 0 Å². The summed E-state index contributed by atoms with van der Waals surface area (Å²) in [6.07, 6.45) is 0. The van der Waals surface area contributed by atoms with E-state index >= 15 is 0 Å². The molecule has 0 aliphatic heterocycles. The first kappa shape index (κ1) is 10.1. The number of para-hydroxylation sites is 1. The van der Waals surface area contributed by atoms with E-state index in [1.807, 2.05) is 25.2 Å². The molecule has 1 aromatic rings. The van der Waals surface area contributed by atoms with Crippen molar-refractivity contribution in [3.8, 4) is 5.75 Å². The lowest BCUT2D eigenvalue weighted by Gasteiger charge is -2.13. The Morgan fingerprint density at radius 3 is 2.69 bits per heavy atom. The molecule has 1 N–H and O–H groups in total. The van der Waals surface area contributed by atoms with Crippen molar-refractivity contribution in [1.82, 2.24) is 5.32 Å². The molecule has 2 heteroatoms. The molecule has 72 valence electrons. The average Bonchev–Trinajstić information content (AvgIpc) is 2.16. The van der Waals surface area contributed by atoms with Crippen molar-refractivity contribution in [2.75, 3.05) is 13.7 Å². The molecule has 0 fully saturated rings. The van der Waals surface area contributed by atoms with E-state index in [9.17, 15) is 0 Å². The molecule has 1 unspecified atom stereocenters. The molecular formula is C11H17NO. The molecular weight excluding hydrogens is 162 g/mol. The predicted octanol–water partition coefficient (Wildman–Crippen LogP) is 1.98. The van der Waals surface area contributed by atoms with Crippen molar-refractivity contribution < 1.29 is 4.74 Å². The van der Waals surface area contributed by atoms with E-state index in [2.05, 4.69) is 25.2 Å². The number of hydrogen-bond donors (Lipinski definition) is 1. The van der Waals surface area contributed by atoms with Crippen LogP contribution >= 0.6 is 0 Å². The quantitative estimate of drug-likeness (QED) is 0.763. The lowest BCUT2D eigenvalue weighted by atomic mass is 10.2. The summed E-state index contributed by atoms with van der Waals surface area (Å²) in [5, 5.41) is 3.13. The Morgan fingerprint density at radius 2 is 2.08 bits per heavy atom. The number of hydrogen-bond acceptors (Lipinski definition) is 2. The summed E-state index contributed by atoms with van der Waals surface area (Å²) < 4.78 is 5.63. The van der Waals surface area contributed by atoms with Crippen LogP contribution in [-0.4, -0.2) is 19.7 Å². The molecule has 0 saturated carbocycles. The Kier molecular flexibility index (Phi) is 3.77. The molecule has 0 aliphatic carbocycles. The van der Waals surface area contributed by atoms with Crippen LogP contribution in [0.4, 0.5) is 0 Å². The van der Waals surface area contributed by atoms with Crippen LogP contribution in [0.2, 0.25) is 0 Å². The summed E-state index contributed by atoms with van der Waals surface area (Å²) in [6, 6.07) is 8.45. The molecule has 2 nitrogen and oxygen atoms in total. The number of rotatable bonds is 4. The molecule has 0 heterocycles. The van der Waals surface area contributed by atoms with Crippen LogP contribution in [0.25, 0.3) is 0 Å². The van der Waals surface area contributed by atoms with Gasteiger partial charge < -0.3 is 10.1 Å². The number of likely N-dealkylation sites (N-methyl/N-ethyl adjacent to an activating group) is 1. The van der Waals surface area contributed by atoms with Gasteiger partial charge in [-0.05, 0) is 32.5 Å². The number of benzene rings is 1. The highest BCUT2D eigenvalue weighted by Crippen LogP contribution is 2.15. The molecule has 0 spiro atoms. The van der Waals surface area contributed by atoms with E-state index in [0.29, 0.717) is 12.6 Å². The second-order valence-electron chi connectivity index (χ2n) is 3.27. The Bertz CT molecular complexity index is 260. The molecule has 0 bridgehead atoms. The van der Waals surface area contributed by atoms with Crippen molar-refractivity contribution in [2.45, 2.75) is 19.9 Å². The highest BCUT2D eigenvalue weighted by Gasteiger charge is 2.00. The SMILES string of the molecule is CNC(C)COc1ccccc1C. The zero-order valence-corrected chi connectivity index (χ0v) is 8.50. The molecule has 0 aromatic heterocycles. The van der Waals surface area contributed by atoms with Crippen LogP contribution in [0.15, 0.2) is 24.3 Å². The monoisotopic (exact) mass is 179 g/mol. The number of aryl methyl sites for hydroxylation is 1. The van der Waals surface area contributed by atoms with Crippen molar-refractivity contribution in [2.24, 2.45) is 0 Å². The summed E-state index contributed by atoms with van der Waals surface area (Å²) in [4.78, 5) is 0. The van der Waals surface area contributed by atoms with Gasteiger partial charge in [0.05, 0.1) is 0 Å². The standard InChI is InChI=1S/C11H17NO/c1-9-6-4-5-7-11(9)13-8-10(2)12-3/h4-7,10,12H,8H2,1-3H3. The predicted molar refractivity (Wildman–Crippen MR) is 55.2 cm³/mol. The van der Waals surface area contributed by atoms with Crippen LogP contribution in [-0.2, 0) is 0 Å².